The largest absolute Gasteiger partial charge is 0.396 e. The summed E-state index contributed by atoms with van der Waals surface area (Å²) in [5.41, 5.74) is -0.347. The number of hydrogen-bond acceptors (Lipinski definition) is 4. The second-order valence-corrected chi connectivity index (χ2v) is 6.07. The van der Waals surface area contributed by atoms with Crippen molar-refractivity contribution >= 4 is 10.0 Å². The molecule has 0 spiro atoms. The lowest BCUT2D eigenvalue weighted by atomic mass is 10.3. The molecule has 0 fully saturated rings. The number of H-pyrrole nitrogens is 1. The van der Waals surface area contributed by atoms with Gasteiger partial charge in [-0.05, 0) is 26.3 Å². The zero-order valence-electron chi connectivity index (χ0n) is 10.5. The van der Waals surface area contributed by atoms with E-state index in [1.807, 2.05) is 0 Å². The zero-order chi connectivity index (χ0) is 13.8. The zero-order valence-corrected chi connectivity index (χ0v) is 11.3. The molecule has 1 heterocycles. The van der Waals surface area contributed by atoms with Gasteiger partial charge in [-0.2, -0.15) is 4.31 Å². The van der Waals surface area contributed by atoms with Crippen molar-refractivity contribution in [1.29, 1.82) is 0 Å². The average molecular weight is 274 g/mol. The Labute approximate surface area is 106 Å². The third kappa shape index (κ3) is 3.41. The second-order valence-electron chi connectivity index (χ2n) is 4.18. The monoisotopic (exact) mass is 274 g/mol. The summed E-state index contributed by atoms with van der Waals surface area (Å²) >= 11 is 0. The van der Waals surface area contributed by atoms with Crippen LogP contribution in [0.5, 0.6) is 0 Å². The molecule has 0 aliphatic heterocycles. The molecule has 0 aliphatic carbocycles. The Balaban J connectivity index is 3.08. The van der Waals surface area contributed by atoms with Crippen molar-refractivity contribution in [3.63, 3.8) is 0 Å². The van der Waals surface area contributed by atoms with Gasteiger partial charge in [-0.3, -0.25) is 4.79 Å². The second kappa shape index (κ2) is 6.12. The van der Waals surface area contributed by atoms with E-state index in [4.69, 9.17) is 5.11 Å². The van der Waals surface area contributed by atoms with E-state index in [-0.39, 0.29) is 29.6 Å². The minimum Gasteiger partial charge on any atom is -0.396 e. The van der Waals surface area contributed by atoms with Crippen molar-refractivity contribution in [2.45, 2.75) is 31.2 Å². The lowest BCUT2D eigenvalue weighted by Gasteiger charge is -2.25. The molecule has 1 aromatic rings. The molecule has 102 valence electrons. The minimum atomic E-state index is -3.64. The van der Waals surface area contributed by atoms with Gasteiger partial charge < -0.3 is 10.1 Å². The minimum absolute atomic E-state index is 0.0498. The van der Waals surface area contributed by atoms with E-state index in [9.17, 15) is 13.2 Å². The molecule has 7 heteroatoms. The van der Waals surface area contributed by atoms with Gasteiger partial charge in [-0.15, -0.1) is 0 Å². The molecular weight excluding hydrogens is 256 g/mol. The quantitative estimate of drug-likeness (QED) is 0.773. The van der Waals surface area contributed by atoms with Crippen molar-refractivity contribution in [1.82, 2.24) is 9.29 Å². The number of aliphatic hydroxyl groups excluding tert-OH is 1. The molecule has 0 radical (unpaired) electrons. The van der Waals surface area contributed by atoms with Gasteiger partial charge in [0.25, 0.3) is 0 Å². The number of sulfonamides is 1. The fourth-order valence-electron chi connectivity index (χ4n) is 1.57. The van der Waals surface area contributed by atoms with Crippen LogP contribution in [0.3, 0.4) is 0 Å². The van der Waals surface area contributed by atoms with Gasteiger partial charge in [0.2, 0.25) is 15.6 Å². The number of hydrogen-bond donors (Lipinski definition) is 2. The summed E-state index contributed by atoms with van der Waals surface area (Å²) in [5.74, 6) is 0. The van der Waals surface area contributed by atoms with Crippen molar-refractivity contribution in [3.8, 4) is 0 Å². The fourth-order valence-corrected chi connectivity index (χ4v) is 3.22. The topological polar surface area (TPSA) is 90.5 Å². The summed E-state index contributed by atoms with van der Waals surface area (Å²) in [6, 6.07) is 2.24. The SMILES string of the molecule is CC(C)N(CCCO)S(=O)(=O)c1ccc(=O)[nH]c1. The van der Waals surface area contributed by atoms with Crippen LogP contribution in [0.25, 0.3) is 0 Å². The Morgan fingerprint density at radius 2 is 2.06 bits per heavy atom. The van der Waals surface area contributed by atoms with Crippen LogP contribution in [0, 0.1) is 0 Å². The molecule has 0 saturated carbocycles. The highest BCUT2D eigenvalue weighted by Gasteiger charge is 2.26. The van der Waals surface area contributed by atoms with Gasteiger partial charge in [0.05, 0.1) is 4.90 Å². The van der Waals surface area contributed by atoms with Gasteiger partial charge in [0.15, 0.2) is 0 Å². The van der Waals surface area contributed by atoms with E-state index >= 15 is 0 Å². The number of aromatic nitrogens is 1. The highest BCUT2D eigenvalue weighted by Crippen LogP contribution is 2.16. The van der Waals surface area contributed by atoms with Gasteiger partial charge in [-0.25, -0.2) is 8.42 Å². The van der Waals surface area contributed by atoms with E-state index in [0.29, 0.717) is 6.42 Å². The van der Waals surface area contributed by atoms with Crippen LogP contribution in [0.2, 0.25) is 0 Å². The molecule has 0 amide bonds. The first-order chi connectivity index (χ1) is 8.39. The first-order valence-corrected chi connectivity index (χ1v) is 7.15. The lowest BCUT2D eigenvalue weighted by molar-refractivity contribution is 0.258. The maximum absolute atomic E-state index is 12.3. The Hall–Kier alpha value is -1.18. The molecule has 0 unspecified atom stereocenters. The van der Waals surface area contributed by atoms with E-state index in [1.54, 1.807) is 13.8 Å². The molecule has 1 rings (SSSR count). The number of nitrogens with one attached hydrogen (secondary N) is 1. The van der Waals surface area contributed by atoms with Crippen LogP contribution >= 0.6 is 0 Å². The highest BCUT2D eigenvalue weighted by molar-refractivity contribution is 7.89. The normalized spacial score (nSPS) is 12.3. The molecule has 0 atom stereocenters. The molecule has 1 aromatic heterocycles. The number of rotatable bonds is 6. The number of aromatic amines is 1. The highest BCUT2D eigenvalue weighted by atomic mass is 32.2. The standard InChI is InChI=1S/C11H18N2O4S/c1-9(2)13(6-3-7-14)18(16,17)10-4-5-11(15)12-8-10/h4-5,8-9,14H,3,6-7H2,1-2H3,(H,12,15). The molecule has 2 N–H and O–H groups in total. The predicted octanol–water partition coefficient (Wildman–Crippen LogP) is 0.156. The molecule has 18 heavy (non-hydrogen) atoms. The van der Waals surface area contributed by atoms with Crippen LogP contribution in [0.4, 0.5) is 0 Å². The summed E-state index contributed by atoms with van der Waals surface area (Å²) in [6.45, 7) is 3.71. The van der Waals surface area contributed by atoms with Crippen LogP contribution in [0.15, 0.2) is 28.0 Å². The lowest BCUT2D eigenvalue weighted by Crippen LogP contribution is -2.38. The smallest absolute Gasteiger partial charge is 0.247 e. The van der Waals surface area contributed by atoms with Gasteiger partial charge in [0, 0.05) is 31.5 Å². The third-order valence-electron chi connectivity index (χ3n) is 2.47. The molecular formula is C11H18N2O4S. The van der Waals surface area contributed by atoms with E-state index in [1.165, 1.54) is 22.6 Å². The summed E-state index contributed by atoms with van der Waals surface area (Å²) < 4.78 is 25.9. The summed E-state index contributed by atoms with van der Waals surface area (Å²) in [7, 11) is -3.64. The van der Waals surface area contributed by atoms with Gasteiger partial charge >= 0.3 is 0 Å². The van der Waals surface area contributed by atoms with Crippen LogP contribution in [-0.2, 0) is 10.0 Å². The van der Waals surface area contributed by atoms with Crippen molar-refractivity contribution in [3.05, 3.63) is 28.7 Å². The van der Waals surface area contributed by atoms with Crippen molar-refractivity contribution in [2.24, 2.45) is 0 Å². The van der Waals surface area contributed by atoms with Crippen molar-refractivity contribution < 1.29 is 13.5 Å². The first-order valence-electron chi connectivity index (χ1n) is 5.71. The third-order valence-corrected chi connectivity index (χ3v) is 4.55. The van der Waals surface area contributed by atoms with E-state index in [2.05, 4.69) is 4.98 Å². The molecule has 6 nitrogen and oxygen atoms in total. The summed E-state index contributed by atoms with van der Waals surface area (Å²) in [6.07, 6.45) is 1.56. The Morgan fingerprint density at radius 3 is 2.50 bits per heavy atom. The Kier molecular flexibility index (Phi) is 5.06. The fraction of sp³-hybridized carbons (Fsp3) is 0.545. The maximum atomic E-state index is 12.3. The van der Waals surface area contributed by atoms with Gasteiger partial charge in [-0.1, -0.05) is 0 Å². The molecule has 0 bridgehead atoms. The number of nitrogens with zero attached hydrogens (tertiary/aromatic N) is 1. The predicted molar refractivity (Wildman–Crippen MR) is 67.8 cm³/mol. The van der Waals surface area contributed by atoms with Crippen LogP contribution < -0.4 is 5.56 Å². The summed E-state index contributed by atoms with van der Waals surface area (Å²) in [5, 5.41) is 8.80. The van der Waals surface area contributed by atoms with Crippen molar-refractivity contribution in [2.75, 3.05) is 13.2 Å². The Morgan fingerprint density at radius 1 is 1.39 bits per heavy atom. The van der Waals surface area contributed by atoms with E-state index in [0.717, 1.165) is 0 Å². The van der Waals surface area contributed by atoms with Crippen LogP contribution in [-0.4, -0.2) is 42.0 Å². The van der Waals surface area contributed by atoms with E-state index < -0.39 is 10.0 Å². The number of aliphatic hydroxyl groups is 1. The van der Waals surface area contributed by atoms with Gasteiger partial charge in [0.1, 0.15) is 0 Å². The maximum Gasteiger partial charge on any atom is 0.247 e. The average Bonchev–Trinajstić information content (AvgIpc) is 2.29. The molecule has 0 saturated heterocycles. The molecule has 0 aromatic carbocycles. The molecule has 0 aliphatic rings. The summed E-state index contributed by atoms with van der Waals surface area (Å²) in [4.78, 5) is 13.3. The number of pyridine rings is 1. The first kappa shape index (κ1) is 14.9. The van der Waals surface area contributed by atoms with Crippen LogP contribution in [0.1, 0.15) is 20.3 Å². The Bertz CT molecular complexity index is 516.